The standard InChI is InChI=1S/C14H22N4O3/c1-10-4-3-7-18(12(10)13(19)20)14(21)15-6-5-11-8-16-17(2)9-11/h8-10,12H,3-7H2,1-2H3,(H,15,21)(H,19,20). The Hall–Kier alpha value is -2.05. The van der Waals surface area contributed by atoms with Crippen LogP contribution in [-0.2, 0) is 18.3 Å². The lowest BCUT2D eigenvalue weighted by molar-refractivity contribution is -0.145. The number of likely N-dealkylation sites (tertiary alicyclic amines) is 1. The van der Waals surface area contributed by atoms with E-state index < -0.39 is 12.0 Å². The molecule has 2 rings (SSSR count). The number of carboxylic acid groups (broad SMARTS) is 1. The van der Waals surface area contributed by atoms with Crippen molar-refractivity contribution in [3.05, 3.63) is 18.0 Å². The minimum absolute atomic E-state index is 0.0136. The summed E-state index contributed by atoms with van der Waals surface area (Å²) in [5.41, 5.74) is 1.04. The van der Waals surface area contributed by atoms with E-state index in [4.69, 9.17) is 0 Å². The zero-order valence-corrected chi connectivity index (χ0v) is 12.5. The Morgan fingerprint density at radius 2 is 2.29 bits per heavy atom. The number of hydrogen-bond donors (Lipinski definition) is 2. The highest BCUT2D eigenvalue weighted by Crippen LogP contribution is 2.23. The van der Waals surface area contributed by atoms with Crippen LogP contribution in [0, 0.1) is 5.92 Å². The van der Waals surface area contributed by atoms with Crippen molar-refractivity contribution in [2.45, 2.75) is 32.2 Å². The molecule has 7 heteroatoms. The first kappa shape index (κ1) is 15.3. The molecule has 21 heavy (non-hydrogen) atoms. The smallest absolute Gasteiger partial charge is 0.326 e. The summed E-state index contributed by atoms with van der Waals surface area (Å²) >= 11 is 0. The molecule has 2 N–H and O–H groups in total. The van der Waals surface area contributed by atoms with E-state index in [1.165, 1.54) is 4.90 Å². The first-order valence-electron chi connectivity index (χ1n) is 7.24. The van der Waals surface area contributed by atoms with E-state index in [1.807, 2.05) is 20.2 Å². The van der Waals surface area contributed by atoms with Crippen LogP contribution in [0.4, 0.5) is 4.79 Å². The van der Waals surface area contributed by atoms with Crippen molar-refractivity contribution < 1.29 is 14.7 Å². The van der Waals surface area contributed by atoms with Crippen molar-refractivity contribution in [1.82, 2.24) is 20.0 Å². The number of urea groups is 1. The van der Waals surface area contributed by atoms with Crippen LogP contribution in [0.2, 0.25) is 0 Å². The number of aliphatic carboxylic acids is 1. The first-order chi connectivity index (χ1) is 9.99. The fraction of sp³-hybridized carbons (Fsp3) is 0.643. The van der Waals surface area contributed by atoms with Gasteiger partial charge in [-0.25, -0.2) is 9.59 Å². The summed E-state index contributed by atoms with van der Waals surface area (Å²) in [5.74, 6) is -0.940. The Labute approximate surface area is 123 Å². The van der Waals surface area contributed by atoms with Crippen LogP contribution in [-0.4, -0.2) is 50.9 Å². The molecule has 2 unspecified atom stereocenters. The van der Waals surface area contributed by atoms with Gasteiger partial charge in [0.25, 0.3) is 0 Å². The topological polar surface area (TPSA) is 87.5 Å². The van der Waals surface area contributed by atoms with Crippen LogP contribution < -0.4 is 5.32 Å². The molecule has 0 aliphatic carbocycles. The maximum absolute atomic E-state index is 12.2. The van der Waals surface area contributed by atoms with Crippen molar-refractivity contribution in [2.75, 3.05) is 13.1 Å². The number of rotatable bonds is 4. The normalized spacial score (nSPS) is 22.1. The van der Waals surface area contributed by atoms with Gasteiger partial charge in [-0.15, -0.1) is 0 Å². The van der Waals surface area contributed by atoms with Crippen molar-refractivity contribution >= 4 is 12.0 Å². The molecule has 1 aliphatic rings. The number of amides is 2. The fourth-order valence-electron chi connectivity index (χ4n) is 2.81. The molecule has 2 amide bonds. The summed E-state index contributed by atoms with van der Waals surface area (Å²) in [5, 5.41) is 16.2. The summed E-state index contributed by atoms with van der Waals surface area (Å²) in [6, 6.07) is -1.02. The highest BCUT2D eigenvalue weighted by Gasteiger charge is 2.36. The number of nitrogens with zero attached hydrogens (tertiary/aromatic N) is 3. The fourth-order valence-corrected chi connectivity index (χ4v) is 2.81. The molecule has 7 nitrogen and oxygen atoms in total. The van der Waals surface area contributed by atoms with Gasteiger partial charge in [-0.05, 0) is 30.7 Å². The van der Waals surface area contributed by atoms with Gasteiger partial charge >= 0.3 is 12.0 Å². The quantitative estimate of drug-likeness (QED) is 0.862. The molecule has 0 spiro atoms. The lowest BCUT2D eigenvalue weighted by Gasteiger charge is -2.37. The van der Waals surface area contributed by atoms with E-state index in [0.29, 0.717) is 19.5 Å². The van der Waals surface area contributed by atoms with Crippen molar-refractivity contribution in [3.8, 4) is 0 Å². The van der Waals surface area contributed by atoms with Gasteiger partial charge in [0.15, 0.2) is 0 Å². The van der Waals surface area contributed by atoms with Crippen LogP contribution in [0.25, 0.3) is 0 Å². The third kappa shape index (κ3) is 3.74. The zero-order chi connectivity index (χ0) is 15.4. The Morgan fingerprint density at radius 1 is 1.52 bits per heavy atom. The van der Waals surface area contributed by atoms with Gasteiger partial charge < -0.3 is 15.3 Å². The predicted molar refractivity (Wildman–Crippen MR) is 76.8 cm³/mol. The Balaban J connectivity index is 1.87. The number of nitrogens with one attached hydrogen (secondary N) is 1. The number of carboxylic acids is 1. The Bertz CT molecular complexity index is 514. The summed E-state index contributed by atoms with van der Waals surface area (Å²) in [6.07, 6.45) is 6.03. The molecule has 2 heterocycles. The Morgan fingerprint density at radius 3 is 2.90 bits per heavy atom. The van der Waals surface area contributed by atoms with E-state index in [9.17, 15) is 14.7 Å². The predicted octanol–water partition coefficient (Wildman–Crippen LogP) is 0.857. The molecule has 0 aromatic carbocycles. The second-order valence-corrected chi connectivity index (χ2v) is 5.60. The number of piperidine rings is 1. The molecular weight excluding hydrogens is 272 g/mol. The van der Waals surface area contributed by atoms with E-state index in [-0.39, 0.29) is 11.9 Å². The number of aryl methyl sites for hydroxylation is 1. The first-order valence-corrected chi connectivity index (χ1v) is 7.24. The van der Waals surface area contributed by atoms with Crippen molar-refractivity contribution in [3.63, 3.8) is 0 Å². The average molecular weight is 294 g/mol. The van der Waals surface area contributed by atoms with Gasteiger partial charge in [-0.1, -0.05) is 6.92 Å². The van der Waals surface area contributed by atoms with E-state index in [0.717, 1.165) is 18.4 Å². The largest absolute Gasteiger partial charge is 0.480 e. The van der Waals surface area contributed by atoms with Crippen LogP contribution in [0.5, 0.6) is 0 Å². The minimum Gasteiger partial charge on any atom is -0.480 e. The lowest BCUT2D eigenvalue weighted by atomic mass is 9.91. The van der Waals surface area contributed by atoms with Crippen LogP contribution in [0.1, 0.15) is 25.3 Å². The van der Waals surface area contributed by atoms with Crippen LogP contribution in [0.3, 0.4) is 0 Å². The van der Waals surface area contributed by atoms with E-state index in [1.54, 1.807) is 10.9 Å². The second kappa shape index (κ2) is 6.60. The molecule has 116 valence electrons. The lowest BCUT2D eigenvalue weighted by Crippen LogP contribution is -2.55. The highest BCUT2D eigenvalue weighted by atomic mass is 16.4. The van der Waals surface area contributed by atoms with Gasteiger partial charge in [0.05, 0.1) is 6.20 Å². The summed E-state index contributed by atoms with van der Waals surface area (Å²) in [7, 11) is 1.84. The number of carbonyl (C=O) groups excluding carboxylic acids is 1. The van der Waals surface area contributed by atoms with Gasteiger partial charge in [0, 0.05) is 26.3 Å². The zero-order valence-electron chi connectivity index (χ0n) is 12.5. The molecular formula is C14H22N4O3. The third-order valence-electron chi connectivity index (χ3n) is 3.90. The van der Waals surface area contributed by atoms with Crippen molar-refractivity contribution in [2.24, 2.45) is 13.0 Å². The highest BCUT2D eigenvalue weighted by molar-refractivity contribution is 5.83. The average Bonchev–Trinajstić information content (AvgIpc) is 2.83. The summed E-state index contributed by atoms with van der Waals surface area (Å²) in [4.78, 5) is 25.0. The van der Waals surface area contributed by atoms with Gasteiger partial charge in [0.1, 0.15) is 6.04 Å². The van der Waals surface area contributed by atoms with Gasteiger partial charge in [-0.2, -0.15) is 5.10 Å². The molecule has 0 saturated carbocycles. The molecule has 2 atom stereocenters. The summed E-state index contributed by atoms with van der Waals surface area (Å²) in [6.45, 7) is 2.86. The number of hydrogen-bond acceptors (Lipinski definition) is 3. The molecule has 0 bridgehead atoms. The van der Waals surface area contributed by atoms with Crippen molar-refractivity contribution in [1.29, 1.82) is 0 Å². The third-order valence-corrected chi connectivity index (χ3v) is 3.90. The van der Waals surface area contributed by atoms with Gasteiger partial charge in [0.2, 0.25) is 0 Å². The van der Waals surface area contributed by atoms with E-state index in [2.05, 4.69) is 10.4 Å². The number of carbonyl (C=O) groups is 2. The Kier molecular flexibility index (Phi) is 4.82. The number of aromatic nitrogens is 2. The summed E-state index contributed by atoms with van der Waals surface area (Å²) < 4.78 is 1.71. The molecule has 1 aromatic rings. The maximum atomic E-state index is 12.2. The van der Waals surface area contributed by atoms with Crippen LogP contribution in [0.15, 0.2) is 12.4 Å². The van der Waals surface area contributed by atoms with Gasteiger partial charge in [-0.3, -0.25) is 4.68 Å². The van der Waals surface area contributed by atoms with E-state index >= 15 is 0 Å². The minimum atomic E-state index is -0.926. The van der Waals surface area contributed by atoms with Crippen LogP contribution >= 0.6 is 0 Å². The molecule has 1 fully saturated rings. The SMILES string of the molecule is CC1CCCN(C(=O)NCCc2cnn(C)c2)C1C(=O)O. The second-order valence-electron chi connectivity index (χ2n) is 5.60. The molecule has 1 aliphatic heterocycles. The molecule has 1 aromatic heterocycles. The molecule has 0 radical (unpaired) electrons. The molecule has 1 saturated heterocycles. The monoisotopic (exact) mass is 294 g/mol. The maximum Gasteiger partial charge on any atom is 0.326 e.